The fourth-order valence-corrected chi connectivity index (χ4v) is 2.08. The van der Waals surface area contributed by atoms with Gasteiger partial charge in [0.25, 0.3) is 0 Å². The maximum absolute atomic E-state index is 9.43. The van der Waals surface area contributed by atoms with Crippen LogP contribution in [0.15, 0.2) is 22.8 Å². The minimum atomic E-state index is 0.00892. The molecule has 2 rings (SSSR count). The van der Waals surface area contributed by atoms with Gasteiger partial charge in [-0.3, -0.25) is 0 Å². The van der Waals surface area contributed by atoms with E-state index < -0.39 is 0 Å². The zero-order valence-corrected chi connectivity index (χ0v) is 11.1. The quantitative estimate of drug-likeness (QED) is 0.880. The third-order valence-corrected chi connectivity index (χ3v) is 3.07. The average molecular weight is 249 g/mol. The van der Waals surface area contributed by atoms with E-state index in [1.165, 1.54) is 0 Å². The first-order valence-corrected chi connectivity index (χ1v) is 5.99. The lowest BCUT2D eigenvalue weighted by molar-refractivity contribution is 0.283. The largest absolute Gasteiger partial charge is 0.493 e. The van der Waals surface area contributed by atoms with Gasteiger partial charge in [0.1, 0.15) is 0 Å². The summed E-state index contributed by atoms with van der Waals surface area (Å²) in [4.78, 5) is 2.12. The minimum Gasteiger partial charge on any atom is -0.493 e. The van der Waals surface area contributed by atoms with Gasteiger partial charge in [0.2, 0.25) is 0 Å². The molecule has 0 atom stereocenters. The molecule has 0 amide bonds. The van der Waals surface area contributed by atoms with Crippen LogP contribution in [-0.2, 0) is 13.0 Å². The van der Waals surface area contributed by atoms with Crippen LogP contribution >= 0.6 is 0 Å². The second-order valence-electron chi connectivity index (χ2n) is 4.60. The molecular formula is C14H19NO3. The summed E-state index contributed by atoms with van der Waals surface area (Å²) in [6.45, 7) is 0.950. The number of benzene rings is 1. The normalized spacial score (nSPS) is 11.4. The molecule has 0 aliphatic heterocycles. The van der Waals surface area contributed by atoms with Crippen molar-refractivity contribution in [2.45, 2.75) is 13.0 Å². The number of likely N-dealkylation sites (N-methyl/N-ethyl adjacent to an activating group) is 1. The van der Waals surface area contributed by atoms with Crippen molar-refractivity contribution in [3.05, 3.63) is 29.5 Å². The van der Waals surface area contributed by atoms with Crippen molar-refractivity contribution >= 4 is 11.0 Å². The number of aliphatic hydroxyl groups is 1. The number of nitrogens with zero attached hydrogens (tertiary/aromatic N) is 1. The first-order valence-electron chi connectivity index (χ1n) is 5.99. The van der Waals surface area contributed by atoms with E-state index in [1.807, 2.05) is 26.2 Å². The summed E-state index contributed by atoms with van der Waals surface area (Å²) in [5.74, 6) is 0.707. The van der Waals surface area contributed by atoms with Gasteiger partial charge in [0.15, 0.2) is 11.3 Å². The summed E-state index contributed by atoms with van der Waals surface area (Å²) in [6, 6.07) is 3.71. The second kappa shape index (κ2) is 5.42. The molecular weight excluding hydrogens is 230 g/mol. The summed E-state index contributed by atoms with van der Waals surface area (Å²) >= 11 is 0. The Morgan fingerprint density at radius 1 is 1.28 bits per heavy atom. The van der Waals surface area contributed by atoms with Crippen molar-refractivity contribution in [2.24, 2.45) is 0 Å². The molecule has 18 heavy (non-hydrogen) atoms. The highest BCUT2D eigenvalue weighted by Gasteiger charge is 2.14. The van der Waals surface area contributed by atoms with Gasteiger partial charge in [-0.1, -0.05) is 6.07 Å². The van der Waals surface area contributed by atoms with E-state index in [1.54, 1.807) is 13.4 Å². The van der Waals surface area contributed by atoms with Gasteiger partial charge >= 0.3 is 0 Å². The van der Waals surface area contributed by atoms with E-state index in [-0.39, 0.29) is 6.61 Å². The zero-order chi connectivity index (χ0) is 13.1. The Morgan fingerprint density at radius 2 is 2.06 bits per heavy atom. The van der Waals surface area contributed by atoms with E-state index in [0.717, 1.165) is 35.1 Å². The van der Waals surface area contributed by atoms with Gasteiger partial charge in [-0.05, 0) is 37.7 Å². The number of aliphatic hydroxyl groups excluding tert-OH is 1. The van der Waals surface area contributed by atoms with E-state index in [0.29, 0.717) is 5.75 Å². The minimum absolute atomic E-state index is 0.00892. The van der Waals surface area contributed by atoms with Crippen molar-refractivity contribution in [3.8, 4) is 5.75 Å². The summed E-state index contributed by atoms with van der Waals surface area (Å²) in [7, 11) is 5.70. The van der Waals surface area contributed by atoms with Crippen molar-refractivity contribution in [1.29, 1.82) is 0 Å². The van der Waals surface area contributed by atoms with Crippen molar-refractivity contribution < 1.29 is 14.3 Å². The molecule has 2 aromatic rings. The maximum atomic E-state index is 9.43. The molecule has 98 valence electrons. The number of rotatable bonds is 5. The number of hydrogen-bond acceptors (Lipinski definition) is 4. The molecule has 1 N–H and O–H groups in total. The Morgan fingerprint density at radius 3 is 2.67 bits per heavy atom. The molecule has 4 nitrogen and oxygen atoms in total. The number of methoxy groups -OCH3 is 1. The van der Waals surface area contributed by atoms with Crippen LogP contribution < -0.4 is 4.74 Å². The fourth-order valence-electron chi connectivity index (χ4n) is 2.08. The summed E-state index contributed by atoms with van der Waals surface area (Å²) in [5, 5.41) is 10.4. The molecule has 0 fully saturated rings. The highest BCUT2D eigenvalue weighted by atomic mass is 16.5. The van der Waals surface area contributed by atoms with E-state index in [4.69, 9.17) is 9.15 Å². The number of furan rings is 1. The molecule has 0 unspecified atom stereocenters. The van der Waals surface area contributed by atoms with Gasteiger partial charge in [-0.15, -0.1) is 0 Å². The SMILES string of the molecule is COc1ccc(CO)c2c(CCN(C)C)coc12. The van der Waals surface area contributed by atoms with Crippen LogP contribution in [0, 0.1) is 0 Å². The van der Waals surface area contributed by atoms with Gasteiger partial charge in [0.05, 0.1) is 20.0 Å². The van der Waals surface area contributed by atoms with Crippen molar-refractivity contribution in [3.63, 3.8) is 0 Å². The second-order valence-corrected chi connectivity index (χ2v) is 4.60. The molecule has 0 spiro atoms. The Bertz CT molecular complexity index is 531. The van der Waals surface area contributed by atoms with Gasteiger partial charge in [-0.25, -0.2) is 0 Å². The average Bonchev–Trinajstić information content (AvgIpc) is 2.79. The zero-order valence-electron chi connectivity index (χ0n) is 11.1. The van der Waals surface area contributed by atoms with E-state index in [2.05, 4.69) is 4.90 Å². The van der Waals surface area contributed by atoms with Gasteiger partial charge < -0.3 is 19.2 Å². The smallest absolute Gasteiger partial charge is 0.176 e. The number of hydrogen-bond donors (Lipinski definition) is 1. The molecule has 0 saturated carbocycles. The molecule has 0 aliphatic rings. The third-order valence-electron chi connectivity index (χ3n) is 3.07. The Balaban J connectivity index is 2.48. The van der Waals surface area contributed by atoms with Crippen molar-refractivity contribution in [2.75, 3.05) is 27.7 Å². The highest BCUT2D eigenvalue weighted by Crippen LogP contribution is 2.33. The van der Waals surface area contributed by atoms with Gasteiger partial charge in [0, 0.05) is 11.9 Å². The van der Waals surface area contributed by atoms with Crippen LogP contribution in [0.1, 0.15) is 11.1 Å². The lowest BCUT2D eigenvalue weighted by atomic mass is 10.0. The topological polar surface area (TPSA) is 45.8 Å². The molecule has 4 heteroatoms. The van der Waals surface area contributed by atoms with Gasteiger partial charge in [-0.2, -0.15) is 0 Å². The highest BCUT2D eigenvalue weighted by molar-refractivity contribution is 5.89. The molecule has 0 aliphatic carbocycles. The van der Waals surface area contributed by atoms with E-state index >= 15 is 0 Å². The van der Waals surface area contributed by atoms with Crippen LogP contribution in [0.4, 0.5) is 0 Å². The van der Waals surface area contributed by atoms with Crippen molar-refractivity contribution in [1.82, 2.24) is 4.90 Å². The van der Waals surface area contributed by atoms with Crippen LogP contribution in [0.5, 0.6) is 5.75 Å². The summed E-state index contributed by atoms with van der Waals surface area (Å²) in [5.41, 5.74) is 2.72. The first-order chi connectivity index (χ1) is 8.67. The predicted molar refractivity (Wildman–Crippen MR) is 70.9 cm³/mol. The van der Waals surface area contributed by atoms with Crippen LogP contribution in [0.3, 0.4) is 0 Å². The molecule has 0 radical (unpaired) electrons. The molecule has 0 bridgehead atoms. The lowest BCUT2D eigenvalue weighted by Crippen LogP contribution is -2.14. The van der Waals surface area contributed by atoms with E-state index in [9.17, 15) is 5.11 Å². The summed E-state index contributed by atoms with van der Waals surface area (Å²) < 4.78 is 10.9. The Kier molecular flexibility index (Phi) is 3.89. The predicted octanol–water partition coefficient (Wildman–Crippen LogP) is 2.04. The first kappa shape index (κ1) is 12.9. The van der Waals surface area contributed by atoms with Crippen LogP contribution in [-0.4, -0.2) is 37.8 Å². The Hall–Kier alpha value is -1.52. The lowest BCUT2D eigenvalue weighted by Gasteiger charge is -2.09. The fraction of sp³-hybridized carbons (Fsp3) is 0.429. The molecule has 0 saturated heterocycles. The van der Waals surface area contributed by atoms with Crippen LogP contribution in [0.2, 0.25) is 0 Å². The third kappa shape index (κ3) is 2.35. The number of fused-ring (bicyclic) bond motifs is 1. The Labute approximate surface area is 107 Å². The maximum Gasteiger partial charge on any atom is 0.176 e. The molecule has 1 aromatic heterocycles. The molecule has 1 aromatic carbocycles. The molecule has 1 heterocycles. The standard InChI is InChI=1S/C14H19NO3/c1-15(2)7-6-11-9-18-14-12(17-3)5-4-10(8-16)13(11)14/h4-5,9,16H,6-8H2,1-3H3. The number of ether oxygens (including phenoxy) is 1. The monoisotopic (exact) mass is 249 g/mol. The summed E-state index contributed by atoms with van der Waals surface area (Å²) in [6.07, 6.45) is 2.65. The van der Waals surface area contributed by atoms with Crippen LogP contribution in [0.25, 0.3) is 11.0 Å².